The van der Waals surface area contributed by atoms with Crippen LogP contribution in [-0.2, 0) is 6.42 Å². The number of hydrogen-bond acceptors (Lipinski definition) is 1. The highest BCUT2D eigenvalue weighted by molar-refractivity contribution is 5.50. The summed E-state index contributed by atoms with van der Waals surface area (Å²) < 4.78 is 0. The smallest absolute Gasteiger partial charge is 0.0626 e. The minimum Gasteiger partial charge on any atom is -0.390 e. The zero-order valence-electron chi connectivity index (χ0n) is 9.83. The van der Waals surface area contributed by atoms with Gasteiger partial charge in [0.25, 0.3) is 0 Å². The van der Waals surface area contributed by atoms with E-state index in [0.717, 1.165) is 6.42 Å². The SMILES string of the molecule is CCc1cccc(/C=C/CC(C)(C)O)c1. The first-order chi connectivity index (χ1) is 7.01. The van der Waals surface area contributed by atoms with Crippen LogP contribution in [0, 0.1) is 0 Å². The molecule has 1 aromatic rings. The molecule has 15 heavy (non-hydrogen) atoms. The third kappa shape index (κ3) is 4.80. The second-order valence-electron chi connectivity index (χ2n) is 4.52. The highest BCUT2D eigenvalue weighted by atomic mass is 16.3. The van der Waals surface area contributed by atoms with E-state index >= 15 is 0 Å². The van der Waals surface area contributed by atoms with Crippen LogP contribution in [0.3, 0.4) is 0 Å². The molecule has 1 aromatic carbocycles. The predicted molar refractivity (Wildman–Crippen MR) is 65.8 cm³/mol. The Kier molecular flexibility index (Phi) is 4.10. The quantitative estimate of drug-likeness (QED) is 0.796. The van der Waals surface area contributed by atoms with Crippen molar-refractivity contribution in [3.63, 3.8) is 0 Å². The second-order valence-corrected chi connectivity index (χ2v) is 4.52. The molecule has 0 heterocycles. The van der Waals surface area contributed by atoms with Gasteiger partial charge in [0.2, 0.25) is 0 Å². The molecule has 0 radical (unpaired) electrons. The maximum atomic E-state index is 9.55. The summed E-state index contributed by atoms with van der Waals surface area (Å²) >= 11 is 0. The molecular weight excluding hydrogens is 184 g/mol. The van der Waals surface area contributed by atoms with Gasteiger partial charge in [-0.1, -0.05) is 43.3 Å². The highest BCUT2D eigenvalue weighted by Crippen LogP contribution is 2.12. The maximum Gasteiger partial charge on any atom is 0.0626 e. The average Bonchev–Trinajstić information content (AvgIpc) is 2.16. The van der Waals surface area contributed by atoms with Gasteiger partial charge in [0.1, 0.15) is 0 Å². The van der Waals surface area contributed by atoms with Crippen molar-refractivity contribution in [2.45, 2.75) is 39.2 Å². The molecule has 0 amide bonds. The zero-order chi connectivity index (χ0) is 11.3. The van der Waals surface area contributed by atoms with Crippen LogP contribution >= 0.6 is 0 Å². The van der Waals surface area contributed by atoms with Gasteiger partial charge in [-0.15, -0.1) is 0 Å². The molecule has 1 N–H and O–H groups in total. The largest absolute Gasteiger partial charge is 0.390 e. The Balaban J connectivity index is 2.64. The van der Waals surface area contributed by atoms with Crippen LogP contribution in [0.5, 0.6) is 0 Å². The lowest BCUT2D eigenvalue weighted by molar-refractivity contribution is 0.0841. The van der Waals surface area contributed by atoms with E-state index in [1.54, 1.807) is 0 Å². The van der Waals surface area contributed by atoms with E-state index in [1.165, 1.54) is 11.1 Å². The van der Waals surface area contributed by atoms with E-state index in [4.69, 9.17) is 0 Å². The Labute approximate surface area is 92.5 Å². The van der Waals surface area contributed by atoms with Crippen molar-refractivity contribution in [2.24, 2.45) is 0 Å². The van der Waals surface area contributed by atoms with Gasteiger partial charge in [0, 0.05) is 0 Å². The fraction of sp³-hybridized carbons (Fsp3) is 0.429. The molecule has 0 bridgehead atoms. The molecular formula is C14H20O. The van der Waals surface area contributed by atoms with Crippen molar-refractivity contribution in [3.8, 4) is 0 Å². The summed E-state index contributed by atoms with van der Waals surface area (Å²) in [5, 5.41) is 9.55. The van der Waals surface area contributed by atoms with Crippen molar-refractivity contribution in [2.75, 3.05) is 0 Å². The minimum absolute atomic E-state index is 0.612. The number of benzene rings is 1. The summed E-state index contributed by atoms with van der Waals surface area (Å²) in [6.07, 6.45) is 5.84. The summed E-state index contributed by atoms with van der Waals surface area (Å²) in [5.41, 5.74) is 1.94. The molecule has 0 saturated heterocycles. The van der Waals surface area contributed by atoms with Crippen molar-refractivity contribution in [1.82, 2.24) is 0 Å². The van der Waals surface area contributed by atoms with Crippen LogP contribution in [0.4, 0.5) is 0 Å². The van der Waals surface area contributed by atoms with E-state index < -0.39 is 5.60 Å². The van der Waals surface area contributed by atoms with Gasteiger partial charge < -0.3 is 5.11 Å². The summed E-state index contributed by atoms with van der Waals surface area (Å²) in [7, 11) is 0. The van der Waals surface area contributed by atoms with Crippen LogP contribution in [0.1, 0.15) is 38.3 Å². The van der Waals surface area contributed by atoms with Crippen LogP contribution in [0.2, 0.25) is 0 Å². The number of hydrogen-bond donors (Lipinski definition) is 1. The second kappa shape index (κ2) is 5.13. The third-order valence-corrected chi connectivity index (χ3v) is 2.29. The predicted octanol–water partition coefficient (Wildman–Crippen LogP) is 3.42. The van der Waals surface area contributed by atoms with Crippen molar-refractivity contribution in [1.29, 1.82) is 0 Å². The van der Waals surface area contributed by atoms with Crippen LogP contribution in [0.15, 0.2) is 30.3 Å². The first-order valence-electron chi connectivity index (χ1n) is 5.49. The van der Waals surface area contributed by atoms with Crippen LogP contribution in [-0.4, -0.2) is 10.7 Å². The monoisotopic (exact) mass is 204 g/mol. The highest BCUT2D eigenvalue weighted by Gasteiger charge is 2.08. The molecule has 0 atom stereocenters. The topological polar surface area (TPSA) is 20.2 Å². The molecule has 0 fully saturated rings. The molecule has 0 saturated carbocycles. The Bertz CT molecular complexity index is 331. The fourth-order valence-corrected chi connectivity index (χ4v) is 1.40. The molecule has 1 rings (SSSR count). The Morgan fingerprint density at radius 2 is 2.07 bits per heavy atom. The van der Waals surface area contributed by atoms with Gasteiger partial charge in [-0.3, -0.25) is 0 Å². The van der Waals surface area contributed by atoms with Gasteiger partial charge in [-0.05, 0) is 37.8 Å². The minimum atomic E-state index is -0.612. The molecule has 0 spiro atoms. The Morgan fingerprint density at radius 1 is 1.33 bits per heavy atom. The molecule has 1 heteroatoms. The number of aliphatic hydroxyl groups is 1. The Hall–Kier alpha value is -1.08. The average molecular weight is 204 g/mol. The molecule has 1 nitrogen and oxygen atoms in total. The molecule has 0 aliphatic heterocycles. The lowest BCUT2D eigenvalue weighted by Crippen LogP contribution is -2.16. The van der Waals surface area contributed by atoms with E-state index in [9.17, 15) is 5.11 Å². The van der Waals surface area contributed by atoms with E-state index in [2.05, 4.69) is 37.3 Å². The first-order valence-corrected chi connectivity index (χ1v) is 5.49. The normalized spacial score (nSPS) is 12.3. The van der Waals surface area contributed by atoms with Gasteiger partial charge >= 0.3 is 0 Å². The lowest BCUT2D eigenvalue weighted by atomic mass is 10.0. The number of aryl methyl sites for hydroxylation is 1. The summed E-state index contributed by atoms with van der Waals surface area (Å²) in [5.74, 6) is 0. The van der Waals surface area contributed by atoms with Crippen molar-refractivity contribution >= 4 is 6.08 Å². The summed E-state index contributed by atoms with van der Waals surface area (Å²) in [6, 6.07) is 8.47. The molecule has 82 valence electrons. The first kappa shape index (κ1) is 12.0. The van der Waals surface area contributed by atoms with Crippen LogP contribution < -0.4 is 0 Å². The van der Waals surface area contributed by atoms with E-state index in [1.807, 2.05) is 19.9 Å². The van der Waals surface area contributed by atoms with Gasteiger partial charge in [0.05, 0.1) is 5.60 Å². The van der Waals surface area contributed by atoms with E-state index in [-0.39, 0.29) is 0 Å². The standard InChI is InChI=1S/C14H20O/c1-4-12-7-5-8-13(11-12)9-6-10-14(2,3)15/h5-9,11,15H,4,10H2,1-3H3/b9-6+. The fourth-order valence-electron chi connectivity index (χ4n) is 1.40. The maximum absolute atomic E-state index is 9.55. The molecule has 0 aliphatic carbocycles. The van der Waals surface area contributed by atoms with E-state index in [0.29, 0.717) is 6.42 Å². The summed E-state index contributed by atoms with van der Waals surface area (Å²) in [6.45, 7) is 5.79. The van der Waals surface area contributed by atoms with Gasteiger partial charge in [-0.2, -0.15) is 0 Å². The zero-order valence-corrected chi connectivity index (χ0v) is 9.83. The van der Waals surface area contributed by atoms with Crippen molar-refractivity contribution < 1.29 is 5.11 Å². The summed E-state index contributed by atoms with van der Waals surface area (Å²) in [4.78, 5) is 0. The van der Waals surface area contributed by atoms with Crippen molar-refractivity contribution in [3.05, 3.63) is 41.5 Å². The van der Waals surface area contributed by atoms with Crippen LogP contribution in [0.25, 0.3) is 6.08 Å². The van der Waals surface area contributed by atoms with Gasteiger partial charge in [-0.25, -0.2) is 0 Å². The lowest BCUT2D eigenvalue weighted by Gasteiger charge is -2.13. The third-order valence-electron chi connectivity index (χ3n) is 2.29. The molecule has 0 aliphatic rings. The number of rotatable bonds is 4. The Morgan fingerprint density at radius 3 is 2.67 bits per heavy atom. The molecule has 0 aromatic heterocycles. The molecule has 0 unspecified atom stereocenters. The van der Waals surface area contributed by atoms with Gasteiger partial charge in [0.15, 0.2) is 0 Å².